The molecule has 0 radical (unpaired) electrons. The van der Waals surface area contributed by atoms with E-state index in [4.69, 9.17) is 5.11 Å². The largest absolute Gasteiger partial charge is 0.481 e. The van der Waals surface area contributed by atoms with Gasteiger partial charge in [0, 0.05) is 53.2 Å². The zero-order chi connectivity index (χ0) is 24.6. The van der Waals surface area contributed by atoms with Crippen LogP contribution in [-0.4, -0.2) is 60.1 Å². The lowest BCUT2D eigenvalue weighted by Gasteiger charge is -2.36. The Morgan fingerprint density at radius 1 is 1.00 bits per heavy atom. The predicted molar refractivity (Wildman–Crippen MR) is 134 cm³/mol. The van der Waals surface area contributed by atoms with Gasteiger partial charge in [-0.25, -0.2) is 9.97 Å². The van der Waals surface area contributed by atoms with Crippen LogP contribution in [0.4, 0.5) is 11.5 Å². The van der Waals surface area contributed by atoms with Gasteiger partial charge in [0.25, 0.3) is 5.91 Å². The van der Waals surface area contributed by atoms with Crippen molar-refractivity contribution >= 4 is 34.3 Å². The van der Waals surface area contributed by atoms with Crippen LogP contribution in [0.2, 0.25) is 0 Å². The number of amides is 1. The molecule has 3 aromatic heterocycles. The van der Waals surface area contributed by atoms with Crippen LogP contribution >= 0.6 is 0 Å². The van der Waals surface area contributed by atoms with Crippen LogP contribution in [0, 0.1) is 5.92 Å². The number of aliphatic carboxylic acids is 1. The fourth-order valence-electron chi connectivity index (χ4n) is 4.22. The molecule has 10 nitrogen and oxygen atoms in total. The molecule has 6 rings (SSSR count). The highest BCUT2D eigenvalue weighted by atomic mass is 16.4. The van der Waals surface area contributed by atoms with E-state index in [0.717, 1.165) is 33.3 Å². The second-order valence-corrected chi connectivity index (χ2v) is 8.69. The van der Waals surface area contributed by atoms with Crippen molar-refractivity contribution in [3.63, 3.8) is 0 Å². The van der Waals surface area contributed by atoms with Gasteiger partial charge in [0.15, 0.2) is 5.82 Å². The number of anilines is 2. The summed E-state index contributed by atoms with van der Waals surface area (Å²) in [7, 11) is 0. The molecule has 1 saturated heterocycles. The quantitative estimate of drug-likeness (QED) is 0.289. The highest BCUT2D eigenvalue weighted by Crippen LogP contribution is 2.26. The molecular formula is C26H21N7O3. The maximum Gasteiger partial charge on any atom is 0.310 e. The first-order valence-electron chi connectivity index (χ1n) is 11.4. The normalized spacial score (nSPS) is 13.5. The molecule has 4 N–H and O–H groups in total. The molecule has 178 valence electrons. The Kier molecular flexibility index (Phi) is 5.18. The Bertz CT molecular complexity index is 1570. The minimum Gasteiger partial charge on any atom is -0.481 e. The number of rotatable bonds is 6. The van der Waals surface area contributed by atoms with E-state index in [9.17, 15) is 9.59 Å². The molecule has 4 heterocycles. The number of fused-ring (bicyclic) bond motifs is 1. The molecule has 0 atom stereocenters. The molecule has 36 heavy (non-hydrogen) atoms. The summed E-state index contributed by atoms with van der Waals surface area (Å²) in [5, 5.41) is 20.0. The highest BCUT2D eigenvalue weighted by molar-refractivity contribution is 5.99. The molecule has 0 bridgehead atoms. The van der Waals surface area contributed by atoms with E-state index in [2.05, 4.69) is 30.5 Å². The minimum atomic E-state index is -0.872. The number of benzene rings is 2. The number of carbonyl (C=O) groups excluding carboxylic acids is 1. The molecule has 2 aromatic carbocycles. The van der Waals surface area contributed by atoms with Crippen molar-refractivity contribution in [3.8, 4) is 22.5 Å². The first-order chi connectivity index (χ1) is 17.5. The molecular weight excluding hydrogens is 458 g/mol. The molecule has 5 aromatic rings. The number of likely N-dealkylation sites (tertiary alicyclic amines) is 1. The monoisotopic (exact) mass is 479 g/mol. The summed E-state index contributed by atoms with van der Waals surface area (Å²) in [6, 6.07) is 17.3. The molecule has 1 aliphatic rings. The maximum absolute atomic E-state index is 12.7. The summed E-state index contributed by atoms with van der Waals surface area (Å²) in [6.45, 7) is 0.461. The molecule has 0 saturated carbocycles. The van der Waals surface area contributed by atoms with Gasteiger partial charge < -0.3 is 20.3 Å². The Balaban J connectivity index is 1.19. The fraction of sp³-hybridized carbons (Fsp3) is 0.115. The second kappa shape index (κ2) is 8.66. The Labute approximate surface area is 205 Å². The van der Waals surface area contributed by atoms with Gasteiger partial charge in [-0.2, -0.15) is 5.10 Å². The summed E-state index contributed by atoms with van der Waals surface area (Å²) in [5.41, 5.74) is 4.99. The summed E-state index contributed by atoms with van der Waals surface area (Å²) in [4.78, 5) is 37.5. The van der Waals surface area contributed by atoms with Crippen LogP contribution in [0.15, 0.2) is 73.2 Å². The number of hydrogen-bond acceptors (Lipinski definition) is 6. The van der Waals surface area contributed by atoms with Crippen molar-refractivity contribution in [2.45, 2.75) is 0 Å². The van der Waals surface area contributed by atoms with E-state index in [0.29, 0.717) is 17.3 Å². The molecule has 1 amide bonds. The van der Waals surface area contributed by atoms with Gasteiger partial charge in [-0.15, -0.1) is 0 Å². The standard InChI is InChI=1S/C26H21N7O3/c34-25(33-13-19(14-33)26(35)36)22-9-16-1-2-17(10-21(16)31-22)24-27-8-7-23(32-24)30-20-5-3-15(4-6-20)18-11-28-29-12-18/h1-12,19,31H,13-14H2,(H,28,29)(H,35,36)(H,27,30,32). The third-order valence-corrected chi connectivity index (χ3v) is 6.27. The number of H-pyrrole nitrogens is 2. The van der Waals surface area contributed by atoms with Crippen LogP contribution in [0.3, 0.4) is 0 Å². The van der Waals surface area contributed by atoms with E-state index >= 15 is 0 Å². The third kappa shape index (κ3) is 4.05. The molecule has 0 aliphatic carbocycles. The summed E-state index contributed by atoms with van der Waals surface area (Å²) < 4.78 is 0. The molecule has 1 aliphatic heterocycles. The van der Waals surface area contributed by atoms with Crippen molar-refractivity contribution < 1.29 is 14.7 Å². The van der Waals surface area contributed by atoms with Gasteiger partial charge in [-0.05, 0) is 35.9 Å². The lowest BCUT2D eigenvalue weighted by Crippen LogP contribution is -2.53. The van der Waals surface area contributed by atoms with Gasteiger partial charge in [-0.1, -0.05) is 24.3 Å². The van der Waals surface area contributed by atoms with Crippen LogP contribution in [0.1, 0.15) is 10.5 Å². The van der Waals surface area contributed by atoms with Crippen LogP contribution in [0.5, 0.6) is 0 Å². The van der Waals surface area contributed by atoms with E-state index in [1.807, 2.05) is 48.7 Å². The first-order valence-corrected chi connectivity index (χ1v) is 11.4. The van der Waals surface area contributed by atoms with E-state index in [-0.39, 0.29) is 19.0 Å². The van der Waals surface area contributed by atoms with Crippen molar-refractivity contribution in [1.82, 2.24) is 30.0 Å². The molecule has 0 unspecified atom stereocenters. The number of carbonyl (C=O) groups is 2. The van der Waals surface area contributed by atoms with Crippen LogP contribution in [-0.2, 0) is 4.79 Å². The average molecular weight is 480 g/mol. The zero-order valence-electron chi connectivity index (χ0n) is 19.0. The highest BCUT2D eigenvalue weighted by Gasteiger charge is 2.36. The van der Waals surface area contributed by atoms with Crippen LogP contribution in [0.25, 0.3) is 33.4 Å². The topological polar surface area (TPSA) is 140 Å². The van der Waals surface area contributed by atoms with Crippen molar-refractivity contribution in [1.29, 1.82) is 0 Å². The Hall–Kier alpha value is -4.99. The minimum absolute atomic E-state index is 0.202. The maximum atomic E-state index is 12.7. The Morgan fingerprint density at radius 3 is 2.56 bits per heavy atom. The smallest absolute Gasteiger partial charge is 0.310 e. The van der Waals surface area contributed by atoms with Crippen molar-refractivity contribution in [3.05, 3.63) is 78.9 Å². The van der Waals surface area contributed by atoms with E-state index in [1.165, 1.54) is 4.90 Å². The van der Waals surface area contributed by atoms with Gasteiger partial charge in [0.1, 0.15) is 11.5 Å². The molecule has 10 heteroatoms. The zero-order valence-corrected chi connectivity index (χ0v) is 19.0. The van der Waals surface area contributed by atoms with Gasteiger partial charge >= 0.3 is 5.97 Å². The van der Waals surface area contributed by atoms with Gasteiger partial charge in [0.2, 0.25) is 0 Å². The average Bonchev–Trinajstić information content (AvgIpc) is 3.53. The number of carboxylic acid groups (broad SMARTS) is 1. The number of nitrogens with zero attached hydrogens (tertiary/aromatic N) is 4. The van der Waals surface area contributed by atoms with E-state index in [1.54, 1.807) is 24.5 Å². The van der Waals surface area contributed by atoms with Crippen LogP contribution < -0.4 is 5.32 Å². The second-order valence-electron chi connectivity index (χ2n) is 8.69. The molecule has 1 fully saturated rings. The predicted octanol–water partition coefficient (Wildman–Crippen LogP) is 3.92. The number of aromatic amines is 2. The SMILES string of the molecule is O=C(O)C1CN(C(=O)c2cc3ccc(-c4nccc(Nc5ccc(-c6cn[nH]c6)cc5)n4)cc3[nH]2)C1. The van der Waals surface area contributed by atoms with E-state index < -0.39 is 11.9 Å². The fourth-order valence-corrected chi connectivity index (χ4v) is 4.22. The van der Waals surface area contributed by atoms with Gasteiger partial charge in [0.05, 0.1) is 12.1 Å². The summed E-state index contributed by atoms with van der Waals surface area (Å²) in [5.74, 6) is -0.358. The number of hydrogen-bond donors (Lipinski definition) is 4. The number of aromatic nitrogens is 5. The number of carboxylic acids is 1. The lowest BCUT2D eigenvalue weighted by molar-refractivity contribution is -0.146. The first kappa shape index (κ1) is 21.5. The summed E-state index contributed by atoms with van der Waals surface area (Å²) >= 11 is 0. The molecule has 0 spiro atoms. The van der Waals surface area contributed by atoms with Crippen molar-refractivity contribution in [2.75, 3.05) is 18.4 Å². The lowest BCUT2D eigenvalue weighted by atomic mass is 10.0. The Morgan fingerprint density at radius 2 is 1.81 bits per heavy atom. The number of nitrogens with one attached hydrogen (secondary N) is 3. The third-order valence-electron chi connectivity index (χ3n) is 6.27. The van der Waals surface area contributed by atoms with Gasteiger partial charge in [-0.3, -0.25) is 14.7 Å². The van der Waals surface area contributed by atoms with Crippen molar-refractivity contribution in [2.24, 2.45) is 5.92 Å². The summed E-state index contributed by atoms with van der Waals surface area (Å²) in [6.07, 6.45) is 5.32.